The molecule has 1 aliphatic heterocycles. The highest BCUT2D eigenvalue weighted by atomic mass is 35.5. The lowest BCUT2D eigenvalue weighted by molar-refractivity contribution is 0.0716. The fourth-order valence-corrected chi connectivity index (χ4v) is 2.73. The van der Waals surface area contributed by atoms with Crippen LogP contribution in [0.5, 0.6) is 0 Å². The number of hydrogen-bond acceptors (Lipinski definition) is 2. The van der Waals surface area contributed by atoms with Crippen LogP contribution in [-0.4, -0.2) is 38.2 Å². The summed E-state index contributed by atoms with van der Waals surface area (Å²) in [6, 6.07) is 3.77. The maximum atomic E-state index is 12.4. The minimum atomic E-state index is 0.0153. The summed E-state index contributed by atoms with van der Waals surface area (Å²) < 4.78 is 1.87. The monoisotopic (exact) mass is 278 g/mol. The van der Waals surface area contributed by atoms with Crippen LogP contribution in [0.4, 0.5) is 0 Å². The van der Waals surface area contributed by atoms with Gasteiger partial charge in [0, 0.05) is 25.1 Å². The minimum Gasteiger partial charge on any atom is -0.356 e. The van der Waals surface area contributed by atoms with E-state index in [-0.39, 0.29) is 11.9 Å². The summed E-state index contributed by atoms with van der Waals surface area (Å²) in [5.74, 6) is 0.0153. The Bertz CT molecular complexity index is 563. The number of aromatic nitrogens is 3. The van der Waals surface area contributed by atoms with Crippen LogP contribution in [0.3, 0.4) is 0 Å². The number of nitrogens with zero attached hydrogens (tertiary/aromatic N) is 3. The van der Waals surface area contributed by atoms with E-state index >= 15 is 0 Å². The summed E-state index contributed by atoms with van der Waals surface area (Å²) in [5.41, 5.74) is 0.553. The van der Waals surface area contributed by atoms with Crippen molar-refractivity contribution in [3.8, 4) is 0 Å². The molecule has 0 radical (unpaired) electrons. The Kier molecular flexibility index (Phi) is 3.29. The van der Waals surface area contributed by atoms with Gasteiger partial charge in [-0.3, -0.25) is 9.48 Å². The van der Waals surface area contributed by atoms with Crippen molar-refractivity contribution in [2.45, 2.75) is 25.4 Å². The molecule has 0 aliphatic carbocycles. The Balaban J connectivity index is 1.74. The van der Waals surface area contributed by atoms with Crippen LogP contribution in [0.1, 0.15) is 23.3 Å². The number of likely N-dealkylation sites (tertiary alicyclic amines) is 1. The van der Waals surface area contributed by atoms with Gasteiger partial charge in [0.15, 0.2) is 0 Å². The fourth-order valence-electron chi connectivity index (χ4n) is 2.56. The van der Waals surface area contributed by atoms with Crippen molar-refractivity contribution in [1.29, 1.82) is 0 Å². The molecule has 3 rings (SSSR count). The topological polar surface area (TPSA) is 53.9 Å². The zero-order valence-electron chi connectivity index (χ0n) is 10.4. The number of halogens is 1. The highest BCUT2D eigenvalue weighted by molar-refractivity contribution is 6.30. The van der Waals surface area contributed by atoms with Gasteiger partial charge in [0.25, 0.3) is 5.91 Å². The largest absolute Gasteiger partial charge is 0.356 e. The van der Waals surface area contributed by atoms with Gasteiger partial charge < -0.3 is 9.88 Å². The molecule has 2 aromatic heterocycles. The standard InChI is InChI=1S/C13H15ClN4O/c14-10-7-12(15-8-10)13(19)18-6-1-3-11(18)9-17-5-2-4-16-17/h2,4-5,7-8,11,15H,1,3,6,9H2/t11-/m1/s1. The van der Waals surface area contributed by atoms with Crippen molar-refractivity contribution >= 4 is 17.5 Å². The predicted molar refractivity (Wildman–Crippen MR) is 72.1 cm³/mol. The lowest BCUT2D eigenvalue weighted by Gasteiger charge is -2.24. The Hall–Kier alpha value is -1.75. The summed E-state index contributed by atoms with van der Waals surface area (Å²) in [4.78, 5) is 17.2. The van der Waals surface area contributed by atoms with E-state index in [1.165, 1.54) is 0 Å². The molecule has 19 heavy (non-hydrogen) atoms. The lowest BCUT2D eigenvalue weighted by Crippen LogP contribution is -2.38. The van der Waals surface area contributed by atoms with E-state index < -0.39 is 0 Å². The van der Waals surface area contributed by atoms with Crippen molar-refractivity contribution in [2.24, 2.45) is 0 Å². The second-order valence-corrected chi connectivity index (χ2v) is 5.19. The molecule has 1 fully saturated rings. The summed E-state index contributed by atoms with van der Waals surface area (Å²) in [6.45, 7) is 1.54. The first-order valence-electron chi connectivity index (χ1n) is 6.36. The number of aromatic amines is 1. The van der Waals surface area contributed by atoms with E-state index in [1.807, 2.05) is 21.8 Å². The molecular formula is C13H15ClN4O. The molecule has 1 saturated heterocycles. The maximum absolute atomic E-state index is 12.4. The Morgan fingerprint density at radius 3 is 3.16 bits per heavy atom. The van der Waals surface area contributed by atoms with Crippen LogP contribution in [0.25, 0.3) is 0 Å². The molecule has 0 unspecified atom stereocenters. The smallest absolute Gasteiger partial charge is 0.270 e. The first-order chi connectivity index (χ1) is 9.24. The van der Waals surface area contributed by atoms with Crippen LogP contribution in [0.15, 0.2) is 30.7 Å². The van der Waals surface area contributed by atoms with Gasteiger partial charge in [-0.1, -0.05) is 11.6 Å². The SMILES string of the molecule is O=C(c1cc(Cl)c[nH]1)N1CCC[C@@H]1Cn1cccn1. The minimum absolute atomic E-state index is 0.0153. The molecule has 5 nitrogen and oxygen atoms in total. The van der Waals surface area contributed by atoms with E-state index in [2.05, 4.69) is 10.1 Å². The van der Waals surface area contributed by atoms with Crippen molar-refractivity contribution in [2.75, 3.05) is 6.54 Å². The molecule has 0 saturated carbocycles. The first kappa shape index (κ1) is 12.3. The number of hydrogen-bond donors (Lipinski definition) is 1. The molecule has 100 valence electrons. The number of H-pyrrole nitrogens is 1. The first-order valence-corrected chi connectivity index (χ1v) is 6.74. The molecule has 0 spiro atoms. The third kappa shape index (κ3) is 2.51. The average Bonchev–Trinajstić information content (AvgIpc) is 3.10. The fraction of sp³-hybridized carbons (Fsp3) is 0.385. The predicted octanol–water partition coefficient (Wildman–Crippen LogP) is 2.17. The van der Waals surface area contributed by atoms with Crippen molar-refractivity contribution < 1.29 is 4.79 Å². The second-order valence-electron chi connectivity index (χ2n) is 4.75. The molecule has 0 bridgehead atoms. The quantitative estimate of drug-likeness (QED) is 0.935. The zero-order valence-corrected chi connectivity index (χ0v) is 11.2. The molecule has 1 N–H and O–H groups in total. The van der Waals surface area contributed by atoms with Gasteiger partial charge in [0.2, 0.25) is 0 Å². The van der Waals surface area contributed by atoms with Gasteiger partial charge in [0.05, 0.1) is 17.6 Å². The van der Waals surface area contributed by atoms with E-state index in [0.717, 1.165) is 25.9 Å². The van der Waals surface area contributed by atoms with Crippen LogP contribution < -0.4 is 0 Å². The number of amides is 1. The maximum Gasteiger partial charge on any atom is 0.270 e. The molecule has 1 aliphatic rings. The van der Waals surface area contributed by atoms with Gasteiger partial charge >= 0.3 is 0 Å². The lowest BCUT2D eigenvalue weighted by atomic mass is 10.2. The van der Waals surface area contributed by atoms with Gasteiger partial charge in [-0.15, -0.1) is 0 Å². The highest BCUT2D eigenvalue weighted by Gasteiger charge is 2.30. The van der Waals surface area contributed by atoms with Crippen LogP contribution >= 0.6 is 11.6 Å². The van der Waals surface area contributed by atoms with Crippen LogP contribution in [0.2, 0.25) is 5.02 Å². The normalized spacial score (nSPS) is 19.0. The Morgan fingerprint density at radius 1 is 1.58 bits per heavy atom. The van der Waals surface area contributed by atoms with Crippen LogP contribution in [-0.2, 0) is 6.54 Å². The van der Waals surface area contributed by atoms with Gasteiger partial charge in [0.1, 0.15) is 5.69 Å². The van der Waals surface area contributed by atoms with Crippen LogP contribution in [0, 0.1) is 0 Å². The Labute approximate surface area is 116 Å². The summed E-state index contributed by atoms with van der Waals surface area (Å²) >= 11 is 5.85. The van der Waals surface area contributed by atoms with Crippen molar-refractivity contribution in [3.05, 3.63) is 41.4 Å². The third-order valence-corrected chi connectivity index (χ3v) is 3.69. The molecule has 1 amide bonds. The van der Waals surface area contributed by atoms with Gasteiger partial charge in [-0.05, 0) is 25.0 Å². The number of nitrogens with one attached hydrogen (secondary N) is 1. The van der Waals surface area contributed by atoms with Crippen molar-refractivity contribution in [1.82, 2.24) is 19.7 Å². The molecule has 1 atom stereocenters. The third-order valence-electron chi connectivity index (χ3n) is 3.47. The average molecular weight is 279 g/mol. The summed E-state index contributed by atoms with van der Waals surface area (Å²) in [5, 5.41) is 4.76. The Morgan fingerprint density at radius 2 is 2.47 bits per heavy atom. The number of carbonyl (C=O) groups is 1. The number of rotatable bonds is 3. The van der Waals surface area contributed by atoms with E-state index in [1.54, 1.807) is 18.5 Å². The number of carbonyl (C=O) groups excluding carboxylic acids is 1. The summed E-state index contributed by atoms with van der Waals surface area (Å²) in [7, 11) is 0. The summed E-state index contributed by atoms with van der Waals surface area (Å²) in [6.07, 6.45) is 7.36. The molecule has 0 aromatic carbocycles. The molecular weight excluding hydrogens is 264 g/mol. The van der Waals surface area contributed by atoms with E-state index in [9.17, 15) is 4.79 Å². The molecule has 2 aromatic rings. The molecule has 3 heterocycles. The van der Waals surface area contributed by atoms with Gasteiger partial charge in [-0.25, -0.2) is 0 Å². The van der Waals surface area contributed by atoms with E-state index in [0.29, 0.717) is 10.7 Å². The van der Waals surface area contributed by atoms with Gasteiger partial charge in [-0.2, -0.15) is 5.10 Å². The van der Waals surface area contributed by atoms with Crippen molar-refractivity contribution in [3.63, 3.8) is 0 Å². The molecule has 6 heteroatoms. The highest BCUT2D eigenvalue weighted by Crippen LogP contribution is 2.22. The van der Waals surface area contributed by atoms with E-state index in [4.69, 9.17) is 11.6 Å². The second kappa shape index (κ2) is 5.09. The zero-order chi connectivity index (χ0) is 13.2.